The number of hydrogen-bond acceptors (Lipinski definition) is 4. The van der Waals surface area contributed by atoms with Gasteiger partial charge in [-0.25, -0.2) is 9.97 Å². The molecule has 5 nitrogen and oxygen atoms in total. The van der Waals surface area contributed by atoms with Crippen LogP contribution in [0.3, 0.4) is 0 Å². The minimum atomic E-state index is -4.60. The summed E-state index contributed by atoms with van der Waals surface area (Å²) in [4.78, 5) is 22.8. The molecule has 1 N–H and O–H groups in total. The topological polar surface area (TPSA) is 58.1 Å². The molecular weight excluding hydrogens is 381 g/mol. The van der Waals surface area contributed by atoms with Crippen LogP contribution in [0.5, 0.6) is 0 Å². The van der Waals surface area contributed by atoms with Gasteiger partial charge in [0.05, 0.1) is 23.0 Å². The number of rotatable bonds is 3. The van der Waals surface area contributed by atoms with Crippen molar-refractivity contribution in [2.24, 2.45) is 0 Å². The van der Waals surface area contributed by atoms with Gasteiger partial charge in [0.1, 0.15) is 11.5 Å². The number of carbonyl (C=O) groups excluding carboxylic acids is 1. The second kappa shape index (κ2) is 8.12. The third-order valence-electron chi connectivity index (χ3n) is 4.33. The van der Waals surface area contributed by atoms with Gasteiger partial charge < -0.3 is 10.2 Å². The quantitative estimate of drug-likeness (QED) is 0.808. The van der Waals surface area contributed by atoms with E-state index in [1.807, 2.05) is 0 Å². The van der Waals surface area contributed by atoms with Gasteiger partial charge in [-0.2, -0.15) is 13.2 Å². The average molecular weight is 399 g/mol. The van der Waals surface area contributed by atoms with Gasteiger partial charge >= 0.3 is 6.18 Å². The van der Waals surface area contributed by atoms with Crippen LogP contribution in [0.25, 0.3) is 0 Å². The highest BCUT2D eigenvalue weighted by Crippen LogP contribution is 2.36. The molecule has 1 fully saturated rings. The number of halogens is 4. The molecule has 1 amide bonds. The SMILES string of the molecule is O=C(Nc1ccc(Cl)c(C(F)(F)F)c1)c1cnc(N2CCCCCC2)cn1. The Morgan fingerprint density at radius 1 is 1.07 bits per heavy atom. The highest BCUT2D eigenvalue weighted by atomic mass is 35.5. The average Bonchev–Trinajstić information content (AvgIpc) is 2.92. The monoisotopic (exact) mass is 398 g/mol. The van der Waals surface area contributed by atoms with Crippen molar-refractivity contribution in [3.63, 3.8) is 0 Å². The molecule has 0 unspecified atom stereocenters. The van der Waals surface area contributed by atoms with E-state index in [0.717, 1.165) is 38.1 Å². The second-order valence-electron chi connectivity index (χ2n) is 6.31. The Bertz CT molecular complexity index is 803. The first kappa shape index (κ1) is 19.4. The molecule has 0 radical (unpaired) electrons. The third kappa shape index (κ3) is 4.88. The molecule has 2 heterocycles. The van der Waals surface area contributed by atoms with Crippen LogP contribution >= 0.6 is 11.6 Å². The van der Waals surface area contributed by atoms with Crippen LogP contribution in [-0.2, 0) is 6.18 Å². The van der Waals surface area contributed by atoms with Gasteiger partial charge in [0.2, 0.25) is 0 Å². The molecular formula is C18H18ClF3N4O. The molecule has 27 heavy (non-hydrogen) atoms. The van der Waals surface area contributed by atoms with E-state index in [9.17, 15) is 18.0 Å². The summed E-state index contributed by atoms with van der Waals surface area (Å²) in [6, 6.07) is 3.18. The van der Waals surface area contributed by atoms with Gasteiger partial charge in [0.25, 0.3) is 5.91 Å². The van der Waals surface area contributed by atoms with Gasteiger partial charge in [0.15, 0.2) is 0 Å². The van der Waals surface area contributed by atoms with Gasteiger partial charge in [-0.3, -0.25) is 4.79 Å². The summed E-state index contributed by atoms with van der Waals surface area (Å²) in [5, 5.41) is 1.96. The summed E-state index contributed by atoms with van der Waals surface area (Å²) >= 11 is 5.58. The summed E-state index contributed by atoms with van der Waals surface area (Å²) < 4.78 is 38.7. The number of carbonyl (C=O) groups is 1. The molecule has 0 spiro atoms. The maximum absolute atomic E-state index is 12.9. The predicted octanol–water partition coefficient (Wildman–Crippen LogP) is 4.78. The smallest absolute Gasteiger partial charge is 0.355 e. The minimum absolute atomic E-state index is 0.0184. The van der Waals surface area contributed by atoms with E-state index in [-0.39, 0.29) is 11.4 Å². The van der Waals surface area contributed by atoms with E-state index in [1.165, 1.54) is 31.3 Å². The van der Waals surface area contributed by atoms with E-state index >= 15 is 0 Å². The van der Waals surface area contributed by atoms with Crippen LogP contribution in [0.4, 0.5) is 24.7 Å². The molecule has 0 saturated carbocycles. The van der Waals surface area contributed by atoms with Crippen molar-refractivity contribution >= 4 is 29.0 Å². The van der Waals surface area contributed by atoms with E-state index in [1.54, 1.807) is 0 Å². The number of aromatic nitrogens is 2. The van der Waals surface area contributed by atoms with E-state index in [0.29, 0.717) is 5.82 Å². The molecule has 0 bridgehead atoms. The third-order valence-corrected chi connectivity index (χ3v) is 4.66. The summed E-state index contributed by atoms with van der Waals surface area (Å²) in [6.07, 6.45) is 2.78. The van der Waals surface area contributed by atoms with E-state index < -0.39 is 22.7 Å². The molecule has 1 aliphatic rings. The standard InChI is InChI=1S/C18H18ClF3N4O/c19-14-6-5-12(9-13(14)18(20,21)22)25-17(27)15-10-24-16(11-23-15)26-7-3-1-2-4-8-26/h5-6,9-11H,1-4,7-8H2,(H,25,27). The van der Waals surface area contributed by atoms with Gasteiger partial charge in [-0.05, 0) is 31.0 Å². The zero-order valence-corrected chi connectivity index (χ0v) is 15.1. The van der Waals surface area contributed by atoms with Gasteiger partial charge in [0, 0.05) is 18.8 Å². The van der Waals surface area contributed by atoms with Crippen molar-refractivity contribution in [3.05, 3.63) is 46.9 Å². The summed E-state index contributed by atoms with van der Waals surface area (Å²) in [7, 11) is 0. The van der Waals surface area contributed by atoms with Crippen molar-refractivity contribution in [3.8, 4) is 0 Å². The molecule has 1 aromatic carbocycles. The fraction of sp³-hybridized carbons (Fsp3) is 0.389. The number of hydrogen-bond donors (Lipinski definition) is 1. The molecule has 9 heteroatoms. The molecule has 1 saturated heterocycles. The maximum Gasteiger partial charge on any atom is 0.417 e. The lowest BCUT2D eigenvalue weighted by Gasteiger charge is -2.20. The highest BCUT2D eigenvalue weighted by molar-refractivity contribution is 6.31. The Balaban J connectivity index is 1.71. The fourth-order valence-electron chi connectivity index (χ4n) is 2.92. The zero-order valence-electron chi connectivity index (χ0n) is 14.4. The number of alkyl halides is 3. The summed E-state index contributed by atoms with van der Waals surface area (Å²) in [5.41, 5.74) is -1.00. The lowest BCUT2D eigenvalue weighted by atomic mass is 10.2. The lowest BCUT2D eigenvalue weighted by molar-refractivity contribution is -0.137. The van der Waals surface area contributed by atoms with Crippen molar-refractivity contribution in [1.29, 1.82) is 0 Å². The zero-order chi connectivity index (χ0) is 19.4. The fourth-order valence-corrected chi connectivity index (χ4v) is 3.14. The normalized spacial score (nSPS) is 15.3. The number of benzene rings is 1. The molecule has 1 aromatic heterocycles. The first-order valence-electron chi connectivity index (χ1n) is 8.60. The van der Waals surface area contributed by atoms with Crippen LogP contribution in [0.15, 0.2) is 30.6 Å². The van der Waals surface area contributed by atoms with Crippen molar-refractivity contribution < 1.29 is 18.0 Å². The summed E-state index contributed by atoms with van der Waals surface area (Å²) in [5.74, 6) is 0.0552. The molecule has 1 aliphatic heterocycles. The Hall–Kier alpha value is -2.35. The lowest BCUT2D eigenvalue weighted by Crippen LogP contribution is -2.25. The molecule has 0 atom stereocenters. The second-order valence-corrected chi connectivity index (χ2v) is 6.71. The Morgan fingerprint density at radius 2 is 1.78 bits per heavy atom. The number of nitrogens with zero attached hydrogens (tertiary/aromatic N) is 3. The van der Waals surface area contributed by atoms with Crippen molar-refractivity contribution in [2.75, 3.05) is 23.3 Å². The molecule has 3 rings (SSSR count). The highest BCUT2D eigenvalue weighted by Gasteiger charge is 2.33. The molecule has 2 aromatic rings. The van der Waals surface area contributed by atoms with Gasteiger partial charge in [-0.15, -0.1) is 0 Å². The Kier molecular flexibility index (Phi) is 5.84. The van der Waals surface area contributed by atoms with Crippen LogP contribution < -0.4 is 10.2 Å². The van der Waals surface area contributed by atoms with E-state index in [2.05, 4.69) is 20.2 Å². The van der Waals surface area contributed by atoms with Crippen molar-refractivity contribution in [2.45, 2.75) is 31.9 Å². The number of nitrogens with one attached hydrogen (secondary N) is 1. The Labute approximate surface area is 159 Å². The molecule has 0 aliphatic carbocycles. The number of anilines is 2. The largest absolute Gasteiger partial charge is 0.417 e. The maximum atomic E-state index is 12.9. The van der Waals surface area contributed by atoms with Crippen molar-refractivity contribution in [1.82, 2.24) is 9.97 Å². The van der Waals surface area contributed by atoms with Crippen LogP contribution in [0.1, 0.15) is 41.7 Å². The van der Waals surface area contributed by atoms with Crippen LogP contribution in [0.2, 0.25) is 5.02 Å². The van der Waals surface area contributed by atoms with Gasteiger partial charge in [-0.1, -0.05) is 24.4 Å². The molecule has 144 valence electrons. The predicted molar refractivity (Wildman–Crippen MR) is 97.1 cm³/mol. The Morgan fingerprint density at radius 3 is 2.37 bits per heavy atom. The minimum Gasteiger partial charge on any atom is -0.355 e. The van der Waals surface area contributed by atoms with Crippen LogP contribution in [-0.4, -0.2) is 29.0 Å². The first-order valence-corrected chi connectivity index (χ1v) is 8.97. The van der Waals surface area contributed by atoms with Crippen LogP contribution in [0, 0.1) is 0 Å². The number of amides is 1. The summed E-state index contributed by atoms with van der Waals surface area (Å²) in [6.45, 7) is 1.79. The van der Waals surface area contributed by atoms with E-state index in [4.69, 9.17) is 11.6 Å². The first-order chi connectivity index (χ1) is 12.8.